The molecule has 0 spiro atoms. The minimum Gasteiger partial charge on any atom is -0.497 e. The van der Waals surface area contributed by atoms with Crippen molar-refractivity contribution in [1.29, 1.82) is 0 Å². The van der Waals surface area contributed by atoms with Crippen LogP contribution < -0.4 is 10.1 Å². The van der Waals surface area contributed by atoms with Gasteiger partial charge in [0, 0.05) is 30.1 Å². The van der Waals surface area contributed by atoms with Gasteiger partial charge >= 0.3 is 0 Å². The van der Waals surface area contributed by atoms with Crippen molar-refractivity contribution in [1.82, 2.24) is 10.2 Å². The first-order chi connectivity index (χ1) is 13.2. The molecule has 2 heterocycles. The lowest BCUT2D eigenvalue weighted by molar-refractivity contribution is -0.117. The number of hydrogen-bond donors (Lipinski definition) is 1. The second kappa shape index (κ2) is 9.69. The summed E-state index contributed by atoms with van der Waals surface area (Å²) in [5.74, 6) is 0.799. The van der Waals surface area contributed by atoms with Crippen molar-refractivity contribution in [2.75, 3.05) is 40.0 Å². The van der Waals surface area contributed by atoms with Crippen LogP contribution in [0.4, 0.5) is 0 Å². The van der Waals surface area contributed by atoms with Gasteiger partial charge in [-0.3, -0.25) is 9.69 Å². The number of carbonyl (C=O) groups excluding carboxylic acids is 1. The molecule has 1 fully saturated rings. The summed E-state index contributed by atoms with van der Waals surface area (Å²) >= 11 is 1.63. The van der Waals surface area contributed by atoms with Crippen molar-refractivity contribution in [2.24, 2.45) is 0 Å². The zero-order chi connectivity index (χ0) is 19.1. The zero-order valence-corrected chi connectivity index (χ0v) is 16.6. The van der Waals surface area contributed by atoms with Gasteiger partial charge in [0.1, 0.15) is 5.75 Å². The van der Waals surface area contributed by atoms with Crippen molar-refractivity contribution < 1.29 is 14.3 Å². The molecule has 3 rings (SSSR count). The Morgan fingerprint density at radius 1 is 1.30 bits per heavy atom. The van der Waals surface area contributed by atoms with Crippen LogP contribution in [0.1, 0.15) is 23.4 Å². The first-order valence-electron chi connectivity index (χ1n) is 9.13. The smallest absolute Gasteiger partial charge is 0.247 e. The Morgan fingerprint density at radius 2 is 2.04 bits per heavy atom. The molecule has 1 aliphatic rings. The minimum atomic E-state index is -0.0322. The lowest BCUT2D eigenvalue weighted by atomic mass is 10.0. The molecule has 0 radical (unpaired) electrons. The number of benzene rings is 1. The molecule has 1 saturated heterocycles. The van der Waals surface area contributed by atoms with Gasteiger partial charge in [-0.15, -0.1) is 11.3 Å². The number of carbonyl (C=O) groups is 1. The summed E-state index contributed by atoms with van der Waals surface area (Å²) in [4.78, 5) is 16.0. The fraction of sp³-hybridized carbons (Fsp3) is 0.381. The van der Waals surface area contributed by atoms with Crippen LogP contribution in [-0.4, -0.2) is 50.8 Å². The molecule has 1 unspecified atom stereocenters. The fourth-order valence-electron chi connectivity index (χ4n) is 3.15. The van der Waals surface area contributed by atoms with E-state index in [1.54, 1.807) is 18.4 Å². The first kappa shape index (κ1) is 19.6. The van der Waals surface area contributed by atoms with Crippen LogP contribution in [0.15, 0.2) is 47.4 Å². The molecule has 6 heteroatoms. The third-order valence-corrected chi connectivity index (χ3v) is 5.52. The van der Waals surface area contributed by atoms with Gasteiger partial charge in [0.15, 0.2) is 0 Å². The van der Waals surface area contributed by atoms with E-state index >= 15 is 0 Å². The fourth-order valence-corrected chi connectivity index (χ4v) is 3.87. The second-order valence-electron chi connectivity index (χ2n) is 6.49. The molecule has 0 bridgehead atoms. The molecule has 5 nitrogen and oxygen atoms in total. The molecule has 0 saturated carbocycles. The summed E-state index contributed by atoms with van der Waals surface area (Å²) in [5.41, 5.74) is 1.88. The lowest BCUT2D eigenvalue weighted by Crippen LogP contribution is -2.43. The molecule has 1 atom stereocenters. The number of morpholine rings is 1. The average Bonchev–Trinajstić information content (AvgIpc) is 3.22. The van der Waals surface area contributed by atoms with Gasteiger partial charge in [-0.2, -0.15) is 0 Å². The Hall–Kier alpha value is -2.15. The van der Waals surface area contributed by atoms with Crippen molar-refractivity contribution >= 4 is 23.3 Å². The van der Waals surface area contributed by atoms with E-state index in [1.807, 2.05) is 42.6 Å². The Labute approximate surface area is 164 Å². The van der Waals surface area contributed by atoms with Crippen molar-refractivity contribution in [3.05, 3.63) is 57.8 Å². The highest BCUT2D eigenvalue weighted by Gasteiger charge is 2.23. The number of thiophene rings is 1. The molecule has 1 aromatic heterocycles. The van der Waals surface area contributed by atoms with Gasteiger partial charge in [0.2, 0.25) is 5.91 Å². The highest BCUT2D eigenvalue weighted by atomic mass is 32.1. The summed E-state index contributed by atoms with van der Waals surface area (Å²) in [6, 6.07) is 12.2. The third-order valence-electron chi connectivity index (χ3n) is 4.70. The summed E-state index contributed by atoms with van der Waals surface area (Å²) in [5, 5.41) is 5.11. The molecule has 27 heavy (non-hydrogen) atoms. The Balaban J connectivity index is 1.69. The monoisotopic (exact) mass is 386 g/mol. The summed E-state index contributed by atoms with van der Waals surface area (Å²) in [6.45, 7) is 5.57. The normalized spacial score (nSPS) is 16.7. The van der Waals surface area contributed by atoms with Gasteiger partial charge in [-0.1, -0.05) is 18.2 Å². The van der Waals surface area contributed by atoms with Gasteiger partial charge in [-0.25, -0.2) is 0 Å². The Kier molecular flexibility index (Phi) is 7.04. The van der Waals surface area contributed by atoms with Gasteiger partial charge in [0.25, 0.3) is 0 Å². The molecular weight excluding hydrogens is 360 g/mol. The van der Waals surface area contributed by atoms with Gasteiger partial charge < -0.3 is 14.8 Å². The first-order valence-corrected chi connectivity index (χ1v) is 10.0. The second-order valence-corrected chi connectivity index (χ2v) is 7.47. The maximum Gasteiger partial charge on any atom is 0.247 e. The maximum absolute atomic E-state index is 12.6. The van der Waals surface area contributed by atoms with Crippen molar-refractivity contribution in [3.8, 4) is 5.75 Å². The molecular formula is C21H26N2O3S. The highest BCUT2D eigenvalue weighted by Crippen LogP contribution is 2.24. The van der Waals surface area contributed by atoms with E-state index < -0.39 is 0 Å². The zero-order valence-electron chi connectivity index (χ0n) is 15.8. The van der Waals surface area contributed by atoms with E-state index in [-0.39, 0.29) is 11.9 Å². The number of methoxy groups -OCH3 is 1. The number of rotatable bonds is 7. The van der Waals surface area contributed by atoms with Crippen molar-refractivity contribution in [2.45, 2.75) is 13.0 Å². The summed E-state index contributed by atoms with van der Waals surface area (Å²) < 4.78 is 10.8. The van der Waals surface area contributed by atoms with Crippen LogP contribution in [0, 0.1) is 0 Å². The topological polar surface area (TPSA) is 50.8 Å². The Bertz CT molecular complexity index is 750. The van der Waals surface area contributed by atoms with E-state index in [0.717, 1.165) is 42.5 Å². The minimum absolute atomic E-state index is 0.0322. The number of nitrogens with one attached hydrogen (secondary N) is 1. The summed E-state index contributed by atoms with van der Waals surface area (Å²) in [6.07, 6.45) is 1.93. The number of ether oxygens (including phenoxy) is 2. The highest BCUT2D eigenvalue weighted by molar-refractivity contribution is 7.10. The standard InChI is InChI=1S/C21H26N2O3S/c1-16(14-19-4-3-13-27-19)21(24)22-15-20(23-9-11-26-12-10-23)17-5-7-18(25-2)8-6-17/h3-8,13-14,20H,9-12,15H2,1-2H3,(H,22,24)/b16-14+. The summed E-state index contributed by atoms with van der Waals surface area (Å²) in [7, 11) is 1.66. The average molecular weight is 387 g/mol. The number of amides is 1. The van der Waals surface area contributed by atoms with Crippen LogP contribution in [-0.2, 0) is 9.53 Å². The molecule has 2 aromatic rings. The van der Waals surface area contributed by atoms with Crippen molar-refractivity contribution in [3.63, 3.8) is 0 Å². The van der Waals surface area contributed by atoms with E-state index in [2.05, 4.69) is 22.3 Å². The van der Waals surface area contributed by atoms with Crippen LogP contribution in [0.5, 0.6) is 5.75 Å². The predicted molar refractivity (Wildman–Crippen MR) is 109 cm³/mol. The molecule has 1 aromatic carbocycles. The predicted octanol–water partition coefficient (Wildman–Crippen LogP) is 3.35. The van der Waals surface area contributed by atoms with E-state index in [9.17, 15) is 4.79 Å². The van der Waals surface area contributed by atoms with E-state index in [0.29, 0.717) is 12.1 Å². The lowest BCUT2D eigenvalue weighted by Gasteiger charge is -2.35. The third kappa shape index (κ3) is 5.42. The van der Waals surface area contributed by atoms with Crippen LogP contribution >= 0.6 is 11.3 Å². The molecule has 1 N–H and O–H groups in total. The molecule has 0 aliphatic carbocycles. The van der Waals surface area contributed by atoms with Gasteiger partial charge in [0.05, 0.1) is 26.4 Å². The largest absolute Gasteiger partial charge is 0.497 e. The van der Waals surface area contributed by atoms with Crippen LogP contribution in [0.3, 0.4) is 0 Å². The SMILES string of the molecule is COc1ccc(C(CNC(=O)/C(C)=C/c2cccs2)N2CCOCC2)cc1. The number of nitrogens with zero attached hydrogens (tertiary/aromatic N) is 1. The molecule has 1 aliphatic heterocycles. The Morgan fingerprint density at radius 3 is 2.67 bits per heavy atom. The van der Waals surface area contributed by atoms with E-state index in [4.69, 9.17) is 9.47 Å². The van der Waals surface area contributed by atoms with E-state index in [1.165, 1.54) is 0 Å². The quantitative estimate of drug-likeness (QED) is 0.742. The van der Waals surface area contributed by atoms with Crippen LogP contribution in [0.2, 0.25) is 0 Å². The van der Waals surface area contributed by atoms with Gasteiger partial charge in [-0.05, 0) is 42.1 Å². The molecule has 144 valence electrons. The van der Waals surface area contributed by atoms with Crippen LogP contribution in [0.25, 0.3) is 6.08 Å². The number of hydrogen-bond acceptors (Lipinski definition) is 5. The maximum atomic E-state index is 12.6. The molecule has 1 amide bonds.